The van der Waals surface area contributed by atoms with Gasteiger partial charge < -0.3 is 14.9 Å². The molecule has 0 radical (unpaired) electrons. The number of carboxylic acids is 2. The largest absolute Gasteiger partial charge is 0.478 e. The SMILES string of the molecule is O=C(Nc1ccccc1C(=O)O)Oc1ccc([N+](=O)[O-])c(C(=O)O)c1. The summed E-state index contributed by atoms with van der Waals surface area (Å²) in [5.74, 6) is -3.08. The van der Waals surface area contributed by atoms with Crippen molar-refractivity contribution in [3.05, 3.63) is 63.7 Å². The van der Waals surface area contributed by atoms with Crippen LogP contribution in [-0.2, 0) is 0 Å². The second-order valence-electron chi connectivity index (χ2n) is 4.61. The van der Waals surface area contributed by atoms with Crippen molar-refractivity contribution in [1.82, 2.24) is 0 Å². The third-order valence-electron chi connectivity index (χ3n) is 3.00. The highest BCUT2D eigenvalue weighted by molar-refractivity contribution is 5.99. The van der Waals surface area contributed by atoms with Gasteiger partial charge in [-0.25, -0.2) is 14.4 Å². The first kappa shape index (κ1) is 17.4. The van der Waals surface area contributed by atoms with E-state index < -0.39 is 34.2 Å². The predicted molar refractivity (Wildman–Crippen MR) is 83.1 cm³/mol. The van der Waals surface area contributed by atoms with Crippen LogP contribution in [0.15, 0.2) is 42.5 Å². The molecule has 0 spiro atoms. The molecule has 128 valence electrons. The van der Waals surface area contributed by atoms with Crippen LogP contribution in [0.5, 0.6) is 5.75 Å². The van der Waals surface area contributed by atoms with Crippen molar-refractivity contribution in [2.75, 3.05) is 5.32 Å². The normalized spacial score (nSPS) is 9.92. The molecule has 0 unspecified atom stereocenters. The van der Waals surface area contributed by atoms with Gasteiger partial charge in [0.15, 0.2) is 0 Å². The first-order chi connectivity index (χ1) is 11.8. The number of anilines is 1. The van der Waals surface area contributed by atoms with Gasteiger partial charge in [0, 0.05) is 12.1 Å². The van der Waals surface area contributed by atoms with Crippen molar-refractivity contribution in [3.63, 3.8) is 0 Å². The van der Waals surface area contributed by atoms with Crippen LogP contribution < -0.4 is 10.1 Å². The minimum absolute atomic E-state index is 0.0274. The first-order valence-corrected chi connectivity index (χ1v) is 6.62. The Kier molecular flexibility index (Phi) is 4.93. The molecule has 2 aromatic rings. The van der Waals surface area contributed by atoms with E-state index in [1.54, 1.807) is 0 Å². The number of ether oxygens (including phenoxy) is 1. The summed E-state index contributed by atoms with van der Waals surface area (Å²) in [6, 6.07) is 8.33. The van der Waals surface area contributed by atoms with Crippen molar-refractivity contribution in [1.29, 1.82) is 0 Å². The fourth-order valence-corrected chi connectivity index (χ4v) is 1.93. The van der Waals surface area contributed by atoms with E-state index in [9.17, 15) is 24.5 Å². The summed E-state index contributed by atoms with van der Waals surface area (Å²) < 4.78 is 4.85. The highest BCUT2D eigenvalue weighted by atomic mass is 16.6. The third kappa shape index (κ3) is 4.07. The van der Waals surface area contributed by atoms with Crippen LogP contribution in [0.1, 0.15) is 20.7 Å². The number of nitrogens with zero attached hydrogens (tertiary/aromatic N) is 1. The Morgan fingerprint density at radius 2 is 1.64 bits per heavy atom. The number of nitrogens with one attached hydrogen (secondary N) is 1. The zero-order valence-electron chi connectivity index (χ0n) is 12.3. The maximum Gasteiger partial charge on any atom is 0.417 e. The molecule has 10 heteroatoms. The number of nitro benzene ring substituents is 1. The van der Waals surface area contributed by atoms with Gasteiger partial charge in [-0.2, -0.15) is 0 Å². The molecule has 0 atom stereocenters. The fraction of sp³-hybridized carbons (Fsp3) is 0. The molecule has 0 aliphatic carbocycles. The molecular weight excluding hydrogens is 336 g/mol. The van der Waals surface area contributed by atoms with Crippen LogP contribution in [0.2, 0.25) is 0 Å². The molecule has 0 aliphatic heterocycles. The van der Waals surface area contributed by atoms with Crippen molar-refractivity contribution in [2.24, 2.45) is 0 Å². The Balaban J connectivity index is 2.22. The first-order valence-electron chi connectivity index (χ1n) is 6.62. The van der Waals surface area contributed by atoms with Crippen LogP contribution in [0, 0.1) is 10.1 Å². The van der Waals surface area contributed by atoms with E-state index in [0.717, 1.165) is 18.2 Å². The summed E-state index contributed by atoms with van der Waals surface area (Å²) >= 11 is 0. The number of carboxylic acid groups (broad SMARTS) is 2. The van der Waals surface area contributed by atoms with Gasteiger partial charge in [-0.3, -0.25) is 15.4 Å². The summed E-state index contributed by atoms with van der Waals surface area (Å²) in [5.41, 5.74) is -1.51. The van der Waals surface area contributed by atoms with Crippen molar-refractivity contribution < 1.29 is 34.3 Å². The summed E-state index contributed by atoms with van der Waals surface area (Å²) in [5, 5.41) is 31.0. The molecular formula is C15H10N2O8. The number of rotatable bonds is 5. The Bertz CT molecular complexity index is 878. The summed E-state index contributed by atoms with van der Waals surface area (Å²) in [6.07, 6.45) is -1.08. The molecule has 0 fully saturated rings. The van der Waals surface area contributed by atoms with E-state index in [0.29, 0.717) is 0 Å². The molecule has 10 nitrogen and oxygen atoms in total. The van der Waals surface area contributed by atoms with E-state index in [-0.39, 0.29) is 17.0 Å². The third-order valence-corrected chi connectivity index (χ3v) is 3.00. The number of nitro groups is 1. The average molecular weight is 346 g/mol. The highest BCUT2D eigenvalue weighted by Crippen LogP contribution is 2.24. The van der Waals surface area contributed by atoms with E-state index in [1.807, 2.05) is 0 Å². The minimum Gasteiger partial charge on any atom is -0.478 e. The van der Waals surface area contributed by atoms with Crippen LogP contribution in [-0.4, -0.2) is 33.2 Å². The van der Waals surface area contributed by atoms with E-state index in [4.69, 9.17) is 14.9 Å². The molecule has 3 N–H and O–H groups in total. The van der Waals surface area contributed by atoms with Gasteiger partial charge in [-0.15, -0.1) is 0 Å². The zero-order valence-corrected chi connectivity index (χ0v) is 12.3. The number of carbonyl (C=O) groups excluding carboxylic acids is 1. The van der Waals surface area contributed by atoms with Gasteiger partial charge in [0.25, 0.3) is 5.69 Å². The average Bonchev–Trinajstić information content (AvgIpc) is 2.54. The second-order valence-corrected chi connectivity index (χ2v) is 4.61. The number of aromatic carboxylic acids is 2. The molecule has 0 heterocycles. The minimum atomic E-state index is -1.56. The lowest BCUT2D eigenvalue weighted by Crippen LogP contribution is -2.19. The monoisotopic (exact) mass is 346 g/mol. The zero-order chi connectivity index (χ0) is 18.6. The quantitative estimate of drug-likeness (QED) is 0.551. The lowest BCUT2D eigenvalue weighted by atomic mass is 10.1. The van der Waals surface area contributed by atoms with Gasteiger partial charge in [0.1, 0.15) is 11.3 Å². The second kappa shape index (κ2) is 7.08. The predicted octanol–water partition coefficient (Wildman–Crippen LogP) is 2.60. The molecule has 25 heavy (non-hydrogen) atoms. The van der Waals surface area contributed by atoms with Crippen LogP contribution in [0.4, 0.5) is 16.2 Å². The number of amides is 1. The van der Waals surface area contributed by atoms with E-state index in [1.165, 1.54) is 24.3 Å². The number of benzene rings is 2. The molecule has 0 aliphatic rings. The highest BCUT2D eigenvalue weighted by Gasteiger charge is 2.21. The molecule has 2 rings (SSSR count). The summed E-state index contributed by atoms with van der Waals surface area (Å²) in [7, 11) is 0. The van der Waals surface area contributed by atoms with Crippen molar-refractivity contribution >= 4 is 29.4 Å². The lowest BCUT2D eigenvalue weighted by molar-refractivity contribution is -0.385. The lowest BCUT2D eigenvalue weighted by Gasteiger charge is -2.09. The van der Waals surface area contributed by atoms with Gasteiger partial charge >= 0.3 is 18.0 Å². The number of carbonyl (C=O) groups is 3. The van der Waals surface area contributed by atoms with Gasteiger partial charge in [-0.05, 0) is 18.2 Å². The Labute approximate surface area is 139 Å². The Hall–Kier alpha value is -3.95. The molecule has 1 amide bonds. The van der Waals surface area contributed by atoms with Crippen LogP contribution in [0.3, 0.4) is 0 Å². The van der Waals surface area contributed by atoms with Gasteiger partial charge in [-0.1, -0.05) is 12.1 Å². The molecule has 0 saturated carbocycles. The van der Waals surface area contributed by atoms with Gasteiger partial charge in [0.2, 0.25) is 0 Å². The fourth-order valence-electron chi connectivity index (χ4n) is 1.93. The van der Waals surface area contributed by atoms with Crippen molar-refractivity contribution in [3.8, 4) is 5.75 Å². The maximum atomic E-state index is 11.8. The Morgan fingerprint density at radius 3 is 2.24 bits per heavy atom. The van der Waals surface area contributed by atoms with Crippen molar-refractivity contribution in [2.45, 2.75) is 0 Å². The van der Waals surface area contributed by atoms with Crippen LogP contribution >= 0.6 is 0 Å². The molecule has 2 aromatic carbocycles. The smallest absolute Gasteiger partial charge is 0.417 e. The molecule has 0 bridgehead atoms. The number of hydrogen-bond acceptors (Lipinski definition) is 6. The standard InChI is InChI=1S/C15H10N2O8/c18-13(19)9-3-1-2-4-11(9)16-15(22)25-8-5-6-12(17(23)24)10(7-8)14(20)21/h1-7H,(H,16,22)(H,18,19)(H,20,21). The van der Waals surface area contributed by atoms with Crippen LogP contribution in [0.25, 0.3) is 0 Å². The molecule has 0 saturated heterocycles. The van der Waals surface area contributed by atoms with Gasteiger partial charge in [0.05, 0.1) is 16.2 Å². The number of para-hydroxylation sites is 1. The maximum absolute atomic E-state index is 11.8. The summed E-state index contributed by atoms with van der Waals surface area (Å²) in [4.78, 5) is 43.8. The number of hydrogen-bond donors (Lipinski definition) is 3. The van der Waals surface area contributed by atoms with E-state index >= 15 is 0 Å². The van der Waals surface area contributed by atoms with E-state index in [2.05, 4.69) is 5.32 Å². The topological polar surface area (TPSA) is 156 Å². The molecule has 0 aromatic heterocycles. The summed E-state index contributed by atoms with van der Waals surface area (Å²) in [6.45, 7) is 0. The Morgan fingerprint density at radius 1 is 1.00 bits per heavy atom.